The average Bonchev–Trinajstić information content (AvgIpc) is 3.25. The molecule has 0 amide bonds. The van der Waals surface area contributed by atoms with Crippen LogP contribution >= 0.6 is 12.2 Å². The Labute approximate surface area is 186 Å². The third kappa shape index (κ3) is 6.97. The molecule has 0 aliphatic carbocycles. The normalized spacial score (nSPS) is 16.0. The van der Waals surface area contributed by atoms with E-state index in [4.69, 9.17) is 21.7 Å². The number of hydrogen-bond donors (Lipinski definition) is 3. The van der Waals surface area contributed by atoms with Crippen LogP contribution in [0.3, 0.4) is 0 Å². The largest absolute Gasteiger partial charge is 0.465 e. The summed E-state index contributed by atoms with van der Waals surface area (Å²) in [4.78, 5) is 25.0. The number of ether oxygens (including phenoxy) is 2. The van der Waals surface area contributed by atoms with Crippen LogP contribution in [0, 0.1) is 13.8 Å². The van der Waals surface area contributed by atoms with E-state index in [1.807, 2.05) is 19.9 Å². The Bertz CT molecular complexity index is 938. The molecule has 9 nitrogen and oxygen atoms in total. The minimum absolute atomic E-state index is 0.0890. The van der Waals surface area contributed by atoms with Gasteiger partial charge in [-0.1, -0.05) is 0 Å². The monoisotopic (exact) mass is 442 g/mol. The minimum atomic E-state index is -0.395. The molecule has 164 valence electrons. The van der Waals surface area contributed by atoms with Crippen molar-refractivity contribution >= 4 is 40.9 Å². The molecule has 31 heavy (non-hydrogen) atoms. The van der Waals surface area contributed by atoms with Crippen molar-refractivity contribution in [1.82, 2.24) is 15.3 Å². The number of rotatable bonds is 5. The number of guanidine groups is 1. The van der Waals surface area contributed by atoms with Gasteiger partial charge in [-0.3, -0.25) is 5.32 Å². The molecule has 10 heteroatoms. The van der Waals surface area contributed by atoms with Crippen LogP contribution in [0.4, 0.5) is 11.6 Å². The fraction of sp³-hybridized carbons (Fsp3) is 0.381. The van der Waals surface area contributed by atoms with Gasteiger partial charge < -0.3 is 20.1 Å². The van der Waals surface area contributed by atoms with Crippen LogP contribution in [0.2, 0.25) is 0 Å². The lowest BCUT2D eigenvalue weighted by Gasteiger charge is -2.15. The van der Waals surface area contributed by atoms with Gasteiger partial charge in [-0.25, -0.2) is 19.8 Å². The van der Waals surface area contributed by atoms with Gasteiger partial charge in [-0.15, -0.1) is 0 Å². The van der Waals surface area contributed by atoms with Crippen LogP contribution < -0.4 is 16.0 Å². The Morgan fingerprint density at radius 3 is 2.55 bits per heavy atom. The molecular weight excluding hydrogens is 416 g/mol. The number of carbonyl (C=O) groups is 1. The summed E-state index contributed by atoms with van der Waals surface area (Å²) in [7, 11) is 1.34. The average molecular weight is 443 g/mol. The number of aromatic nitrogens is 2. The second kappa shape index (κ2) is 10.8. The highest BCUT2D eigenvalue weighted by atomic mass is 32.1. The molecule has 1 saturated heterocycles. The Balaban J connectivity index is 1.68. The van der Waals surface area contributed by atoms with Gasteiger partial charge in [0.15, 0.2) is 5.11 Å². The number of anilines is 2. The molecule has 1 aliphatic heterocycles. The predicted octanol–water partition coefficient (Wildman–Crippen LogP) is 2.81. The summed E-state index contributed by atoms with van der Waals surface area (Å²) >= 11 is 5.43. The molecule has 3 N–H and O–H groups in total. The fourth-order valence-electron chi connectivity index (χ4n) is 3.06. The standard InChI is InChI=1S/C21H26N6O3S/c1-13-11-14(2)24-20(23-13)26-19(22-12-17-5-4-10-30-17)27-21(31)25-16-8-6-15(7-9-16)18(28)29-3/h6-9,11,17H,4-5,10,12H2,1-3H3,(H3,22,23,24,25,26,27,31). The second-order valence-electron chi connectivity index (χ2n) is 7.07. The summed E-state index contributed by atoms with van der Waals surface area (Å²) in [6, 6.07) is 8.69. The van der Waals surface area contributed by atoms with Crippen LogP contribution in [0.5, 0.6) is 0 Å². The van der Waals surface area contributed by atoms with Crippen molar-refractivity contribution in [3.8, 4) is 0 Å². The first-order chi connectivity index (χ1) is 14.9. The lowest BCUT2D eigenvalue weighted by atomic mass is 10.2. The van der Waals surface area contributed by atoms with E-state index in [0.29, 0.717) is 34.8 Å². The number of nitrogens with zero attached hydrogens (tertiary/aromatic N) is 3. The summed E-state index contributed by atoms with van der Waals surface area (Å²) < 4.78 is 10.4. The lowest BCUT2D eigenvalue weighted by Crippen LogP contribution is -2.39. The Kier molecular flexibility index (Phi) is 7.85. The molecule has 1 aromatic heterocycles. The first kappa shape index (κ1) is 22.6. The summed E-state index contributed by atoms with van der Waals surface area (Å²) in [5, 5.41) is 9.56. The zero-order chi connectivity index (χ0) is 22.2. The Morgan fingerprint density at radius 2 is 1.94 bits per heavy atom. The summed E-state index contributed by atoms with van der Waals surface area (Å²) in [5.41, 5.74) is 2.87. The first-order valence-electron chi connectivity index (χ1n) is 9.94. The Morgan fingerprint density at radius 1 is 1.23 bits per heavy atom. The van der Waals surface area contributed by atoms with E-state index in [1.54, 1.807) is 24.3 Å². The molecule has 0 spiro atoms. The van der Waals surface area contributed by atoms with Crippen LogP contribution in [0.1, 0.15) is 34.6 Å². The molecule has 1 fully saturated rings. The SMILES string of the molecule is COC(=O)c1ccc(NC(=S)NC(=NCC2CCCO2)Nc2nc(C)cc(C)n2)cc1. The number of carbonyl (C=O) groups excluding carboxylic acids is 1. The van der Waals surface area contributed by atoms with Gasteiger partial charge in [0, 0.05) is 23.7 Å². The molecule has 1 aliphatic rings. The van der Waals surface area contributed by atoms with Gasteiger partial charge in [0.05, 0.1) is 25.3 Å². The zero-order valence-corrected chi connectivity index (χ0v) is 18.6. The number of hydrogen-bond acceptors (Lipinski definition) is 7. The third-order valence-electron chi connectivity index (χ3n) is 4.49. The van der Waals surface area contributed by atoms with E-state index in [1.165, 1.54) is 7.11 Å². The molecular formula is C21H26N6O3S. The number of nitrogens with one attached hydrogen (secondary N) is 3. The fourth-order valence-corrected chi connectivity index (χ4v) is 3.27. The number of thiocarbonyl (C=S) groups is 1. The minimum Gasteiger partial charge on any atom is -0.465 e. The topological polar surface area (TPSA) is 110 Å². The van der Waals surface area contributed by atoms with Gasteiger partial charge >= 0.3 is 5.97 Å². The van der Waals surface area contributed by atoms with Crippen LogP contribution in [0.15, 0.2) is 35.3 Å². The van der Waals surface area contributed by atoms with E-state index in [0.717, 1.165) is 30.8 Å². The smallest absolute Gasteiger partial charge is 0.337 e. The van der Waals surface area contributed by atoms with Gasteiger partial charge in [0.25, 0.3) is 0 Å². The van der Waals surface area contributed by atoms with Crippen molar-refractivity contribution in [2.24, 2.45) is 4.99 Å². The maximum absolute atomic E-state index is 11.6. The van der Waals surface area contributed by atoms with Crippen LogP contribution in [-0.4, -0.2) is 53.4 Å². The quantitative estimate of drug-likeness (QED) is 0.279. The molecule has 0 bridgehead atoms. The van der Waals surface area contributed by atoms with Crippen molar-refractivity contribution in [3.63, 3.8) is 0 Å². The first-order valence-corrected chi connectivity index (χ1v) is 10.4. The Hall–Kier alpha value is -3.11. The maximum atomic E-state index is 11.6. The molecule has 1 aromatic carbocycles. The van der Waals surface area contributed by atoms with Crippen molar-refractivity contribution < 1.29 is 14.3 Å². The number of esters is 1. The van der Waals surface area contributed by atoms with E-state index >= 15 is 0 Å². The summed E-state index contributed by atoms with van der Waals surface area (Å²) in [6.45, 7) is 5.07. The number of aliphatic imine (C=N–C) groups is 1. The maximum Gasteiger partial charge on any atom is 0.337 e. The molecule has 1 atom stereocenters. The molecule has 0 saturated carbocycles. The van der Waals surface area contributed by atoms with Crippen LogP contribution in [0.25, 0.3) is 0 Å². The molecule has 2 aromatic rings. The number of benzene rings is 1. The molecule has 2 heterocycles. The van der Waals surface area contributed by atoms with E-state index < -0.39 is 5.97 Å². The van der Waals surface area contributed by atoms with E-state index in [2.05, 4.69) is 30.9 Å². The summed E-state index contributed by atoms with van der Waals surface area (Å²) in [6.07, 6.45) is 2.11. The van der Waals surface area contributed by atoms with Gasteiger partial charge in [0.2, 0.25) is 11.9 Å². The van der Waals surface area contributed by atoms with E-state index in [-0.39, 0.29) is 6.10 Å². The highest BCUT2D eigenvalue weighted by Gasteiger charge is 2.16. The molecule has 0 radical (unpaired) electrons. The third-order valence-corrected chi connectivity index (χ3v) is 4.69. The van der Waals surface area contributed by atoms with Gasteiger partial charge in [0.1, 0.15) is 0 Å². The molecule has 3 rings (SSSR count). The van der Waals surface area contributed by atoms with Crippen molar-refractivity contribution in [3.05, 3.63) is 47.3 Å². The predicted molar refractivity (Wildman–Crippen MR) is 124 cm³/mol. The van der Waals surface area contributed by atoms with Crippen LogP contribution in [-0.2, 0) is 9.47 Å². The lowest BCUT2D eigenvalue weighted by molar-refractivity contribution is 0.0600. The summed E-state index contributed by atoms with van der Waals surface area (Å²) in [5.74, 6) is 0.457. The second-order valence-corrected chi connectivity index (χ2v) is 7.48. The van der Waals surface area contributed by atoms with Gasteiger partial charge in [-0.2, -0.15) is 0 Å². The van der Waals surface area contributed by atoms with E-state index in [9.17, 15) is 4.79 Å². The van der Waals surface area contributed by atoms with Crippen molar-refractivity contribution in [2.45, 2.75) is 32.8 Å². The highest BCUT2D eigenvalue weighted by molar-refractivity contribution is 7.80. The van der Waals surface area contributed by atoms with Crippen molar-refractivity contribution in [2.75, 3.05) is 30.9 Å². The zero-order valence-electron chi connectivity index (χ0n) is 17.8. The van der Waals surface area contributed by atoms with Crippen molar-refractivity contribution in [1.29, 1.82) is 0 Å². The number of aryl methyl sites for hydroxylation is 2. The van der Waals surface area contributed by atoms with Gasteiger partial charge in [-0.05, 0) is 69.2 Å². The number of methoxy groups -OCH3 is 1. The molecule has 1 unspecified atom stereocenters. The highest BCUT2D eigenvalue weighted by Crippen LogP contribution is 2.13.